The lowest BCUT2D eigenvalue weighted by molar-refractivity contribution is 0.472. The van der Waals surface area contributed by atoms with E-state index in [9.17, 15) is 0 Å². The van der Waals surface area contributed by atoms with Gasteiger partial charge in [-0.3, -0.25) is 0 Å². The van der Waals surface area contributed by atoms with E-state index in [4.69, 9.17) is 0 Å². The highest BCUT2D eigenvalue weighted by atomic mass is 33.1. The Hall–Kier alpha value is -0.120. The molecule has 0 aromatic heterocycles. The van der Waals surface area contributed by atoms with Gasteiger partial charge in [-0.2, -0.15) is 0 Å². The van der Waals surface area contributed by atoms with E-state index in [1.54, 1.807) is 11.1 Å². The summed E-state index contributed by atoms with van der Waals surface area (Å²) in [7, 11) is 4.14. The molecule has 0 saturated carbocycles. The average molecular weight is 251 g/mol. The van der Waals surface area contributed by atoms with E-state index in [0.717, 1.165) is 11.8 Å². The number of hydrogen-bond donors (Lipinski definition) is 1. The second kappa shape index (κ2) is 5.03. The molecule has 0 amide bonds. The van der Waals surface area contributed by atoms with Gasteiger partial charge in [0, 0.05) is 17.0 Å². The van der Waals surface area contributed by atoms with Crippen LogP contribution in [-0.2, 0) is 6.42 Å². The van der Waals surface area contributed by atoms with E-state index in [0.29, 0.717) is 6.04 Å². The van der Waals surface area contributed by atoms with Crippen molar-refractivity contribution < 1.29 is 0 Å². The van der Waals surface area contributed by atoms with Crippen molar-refractivity contribution in [1.29, 1.82) is 0 Å². The summed E-state index contributed by atoms with van der Waals surface area (Å²) in [5.41, 5.74) is 3.11. The van der Waals surface area contributed by atoms with Gasteiger partial charge in [0.2, 0.25) is 0 Å². The van der Waals surface area contributed by atoms with Gasteiger partial charge in [0.1, 0.15) is 0 Å². The van der Waals surface area contributed by atoms with Crippen LogP contribution in [0.3, 0.4) is 0 Å². The van der Waals surface area contributed by atoms with E-state index < -0.39 is 0 Å². The van der Waals surface area contributed by atoms with Crippen LogP contribution in [0.2, 0.25) is 0 Å². The first-order valence-corrected chi connectivity index (χ1v) is 8.43. The molecular weight excluding hydrogens is 234 g/mol. The topological polar surface area (TPSA) is 12.0 Å². The van der Waals surface area contributed by atoms with Crippen LogP contribution in [0, 0.1) is 0 Å². The van der Waals surface area contributed by atoms with Crippen molar-refractivity contribution >= 4 is 21.6 Å². The van der Waals surface area contributed by atoms with Gasteiger partial charge in [-0.15, -0.1) is 0 Å². The molecule has 1 aromatic rings. The molecule has 0 radical (unpaired) electrons. The third-order valence-corrected chi connectivity index (χ3v) is 6.42. The molecule has 3 rings (SSSR count). The summed E-state index contributed by atoms with van der Waals surface area (Å²) >= 11 is 0. The first-order chi connectivity index (χ1) is 7.95. The van der Waals surface area contributed by atoms with Crippen molar-refractivity contribution in [3.05, 3.63) is 35.4 Å². The maximum atomic E-state index is 3.71. The molecule has 0 aliphatic carbocycles. The highest BCUT2D eigenvalue weighted by Gasteiger charge is 2.29. The lowest BCUT2D eigenvalue weighted by Crippen LogP contribution is -2.36. The summed E-state index contributed by atoms with van der Waals surface area (Å²) < 4.78 is 0. The van der Waals surface area contributed by atoms with Crippen molar-refractivity contribution in [3.63, 3.8) is 0 Å². The van der Waals surface area contributed by atoms with Gasteiger partial charge in [-0.25, -0.2) is 0 Å². The minimum Gasteiger partial charge on any atom is -0.309 e. The average Bonchev–Trinajstić information content (AvgIpc) is 2.39. The minimum absolute atomic E-state index is 0.586. The van der Waals surface area contributed by atoms with Crippen molar-refractivity contribution in [2.24, 2.45) is 0 Å². The molecule has 1 fully saturated rings. The molecule has 1 nitrogen and oxygen atoms in total. The van der Waals surface area contributed by atoms with Gasteiger partial charge in [-0.05, 0) is 36.9 Å². The molecule has 16 heavy (non-hydrogen) atoms. The van der Waals surface area contributed by atoms with E-state index in [1.165, 1.54) is 25.0 Å². The maximum Gasteiger partial charge on any atom is 0.0451 e. The molecule has 2 unspecified atom stereocenters. The normalized spacial score (nSPS) is 29.8. The minimum atomic E-state index is 0.586. The Morgan fingerprint density at radius 2 is 2.19 bits per heavy atom. The molecule has 86 valence electrons. The molecule has 2 aliphatic rings. The third-order valence-electron chi connectivity index (χ3n) is 3.43. The predicted octanol–water partition coefficient (Wildman–Crippen LogP) is 3.42. The van der Waals surface area contributed by atoms with Crippen molar-refractivity contribution in [3.8, 4) is 0 Å². The zero-order valence-corrected chi connectivity index (χ0v) is 10.9. The van der Waals surface area contributed by atoms with Gasteiger partial charge in [0.05, 0.1) is 0 Å². The smallest absolute Gasteiger partial charge is 0.0451 e. The monoisotopic (exact) mass is 251 g/mol. The number of rotatable bonds is 1. The second-order valence-corrected chi connectivity index (χ2v) is 7.21. The fourth-order valence-electron chi connectivity index (χ4n) is 2.62. The van der Waals surface area contributed by atoms with Crippen LogP contribution in [-0.4, -0.2) is 17.5 Å². The molecule has 2 atom stereocenters. The fourth-order valence-corrected chi connectivity index (χ4v) is 5.58. The van der Waals surface area contributed by atoms with Gasteiger partial charge < -0.3 is 5.32 Å². The molecule has 1 aromatic carbocycles. The van der Waals surface area contributed by atoms with Gasteiger partial charge in [0.25, 0.3) is 0 Å². The van der Waals surface area contributed by atoms with Crippen LogP contribution in [0.4, 0.5) is 0 Å². The van der Waals surface area contributed by atoms with Crippen LogP contribution < -0.4 is 5.32 Å². The van der Waals surface area contributed by atoms with Gasteiger partial charge >= 0.3 is 0 Å². The zero-order chi connectivity index (χ0) is 10.8. The standard InChI is InChI=1S/C13H17NS2/c1-2-5-11-10(4-1)7-8-14-13(11)12-6-3-9-15-16-12/h1-2,4-5,12-14H,3,6-9H2. The molecule has 2 aliphatic heterocycles. The van der Waals surface area contributed by atoms with Crippen molar-refractivity contribution in [2.45, 2.75) is 30.6 Å². The molecule has 3 heteroatoms. The van der Waals surface area contributed by atoms with E-state index in [-0.39, 0.29) is 0 Å². The van der Waals surface area contributed by atoms with Gasteiger partial charge in [-0.1, -0.05) is 45.9 Å². The predicted molar refractivity (Wildman–Crippen MR) is 74.0 cm³/mol. The van der Waals surface area contributed by atoms with Gasteiger partial charge in [0.15, 0.2) is 0 Å². The van der Waals surface area contributed by atoms with E-state index in [1.807, 2.05) is 10.8 Å². The van der Waals surface area contributed by atoms with Crippen molar-refractivity contribution in [1.82, 2.24) is 5.32 Å². The Morgan fingerprint density at radius 1 is 1.25 bits per heavy atom. The Balaban J connectivity index is 1.86. The van der Waals surface area contributed by atoms with Crippen molar-refractivity contribution in [2.75, 3.05) is 12.3 Å². The summed E-state index contributed by atoms with van der Waals surface area (Å²) in [6.45, 7) is 1.14. The first-order valence-electron chi connectivity index (χ1n) is 6.04. The van der Waals surface area contributed by atoms with Crippen LogP contribution in [0.1, 0.15) is 30.0 Å². The maximum absolute atomic E-state index is 3.71. The summed E-state index contributed by atoms with van der Waals surface area (Å²) in [6.07, 6.45) is 3.93. The summed E-state index contributed by atoms with van der Waals surface area (Å²) in [6, 6.07) is 9.54. The second-order valence-electron chi connectivity index (χ2n) is 4.48. The molecule has 1 N–H and O–H groups in total. The summed E-state index contributed by atoms with van der Waals surface area (Å²) in [4.78, 5) is 0. The highest BCUT2D eigenvalue weighted by Crippen LogP contribution is 2.43. The quantitative estimate of drug-likeness (QED) is 0.768. The van der Waals surface area contributed by atoms with Crippen LogP contribution in [0.25, 0.3) is 0 Å². The Bertz CT molecular complexity index is 361. The Morgan fingerprint density at radius 3 is 3.06 bits per heavy atom. The van der Waals surface area contributed by atoms with Crippen LogP contribution in [0.15, 0.2) is 24.3 Å². The van der Waals surface area contributed by atoms with E-state index in [2.05, 4.69) is 40.4 Å². The van der Waals surface area contributed by atoms with Crippen LogP contribution >= 0.6 is 21.6 Å². The number of benzene rings is 1. The highest BCUT2D eigenvalue weighted by molar-refractivity contribution is 8.77. The molecular formula is C13H17NS2. The SMILES string of the molecule is c1ccc2c(c1)CCNC2C1CCCSS1. The molecule has 2 heterocycles. The zero-order valence-electron chi connectivity index (χ0n) is 9.32. The Labute approximate surface area is 105 Å². The van der Waals surface area contributed by atoms with Crippen LogP contribution in [0.5, 0.6) is 0 Å². The third kappa shape index (κ3) is 2.13. The molecule has 0 spiro atoms. The number of fused-ring (bicyclic) bond motifs is 1. The summed E-state index contributed by atoms with van der Waals surface area (Å²) in [5.74, 6) is 1.33. The first kappa shape index (κ1) is 11.0. The fraction of sp³-hybridized carbons (Fsp3) is 0.538. The molecule has 0 bridgehead atoms. The number of nitrogens with one attached hydrogen (secondary N) is 1. The van der Waals surface area contributed by atoms with E-state index >= 15 is 0 Å². The summed E-state index contributed by atoms with van der Waals surface area (Å²) in [5, 5.41) is 4.47. The molecule has 1 saturated heterocycles. The number of hydrogen-bond acceptors (Lipinski definition) is 3. The Kier molecular flexibility index (Phi) is 3.46. The lowest BCUT2D eigenvalue weighted by atomic mass is 9.91. The lowest BCUT2D eigenvalue weighted by Gasteiger charge is -2.34. The largest absolute Gasteiger partial charge is 0.309 e.